The molecule has 2 aliphatic rings. The zero-order valence-electron chi connectivity index (χ0n) is 18.8. The van der Waals surface area contributed by atoms with E-state index in [9.17, 15) is 4.79 Å². The Morgan fingerprint density at radius 3 is 2.18 bits per heavy atom. The molecule has 0 aromatic heterocycles. The lowest BCUT2D eigenvalue weighted by Gasteiger charge is -2.32. The molecule has 170 valence electrons. The number of para-hydroxylation sites is 4. The summed E-state index contributed by atoms with van der Waals surface area (Å²) in [4.78, 5) is 17.3. The van der Waals surface area contributed by atoms with Crippen LogP contribution in [0.1, 0.15) is 11.1 Å². The van der Waals surface area contributed by atoms with E-state index in [-0.39, 0.29) is 6.03 Å². The van der Waals surface area contributed by atoms with Crippen molar-refractivity contribution in [2.24, 2.45) is 0 Å². The summed E-state index contributed by atoms with van der Waals surface area (Å²) in [5, 5.41) is 3.09. The van der Waals surface area contributed by atoms with Crippen LogP contribution in [0.2, 0.25) is 0 Å². The molecule has 2 aliphatic heterocycles. The van der Waals surface area contributed by atoms with Crippen LogP contribution in [0, 0.1) is 0 Å². The summed E-state index contributed by atoms with van der Waals surface area (Å²) in [6, 6.07) is 19.1. The summed E-state index contributed by atoms with van der Waals surface area (Å²) in [5.74, 6) is 2.85. The van der Waals surface area contributed by atoms with Crippen molar-refractivity contribution in [1.82, 2.24) is 10.2 Å². The summed E-state index contributed by atoms with van der Waals surface area (Å²) in [6.45, 7) is 3.05. The van der Waals surface area contributed by atoms with Crippen LogP contribution in [0.4, 0.5) is 16.2 Å². The number of amides is 2. The van der Waals surface area contributed by atoms with Gasteiger partial charge in [-0.05, 0) is 53.9 Å². The van der Waals surface area contributed by atoms with E-state index in [1.54, 1.807) is 19.1 Å². The summed E-state index contributed by atoms with van der Waals surface area (Å²) < 4.78 is 16.9. The Morgan fingerprint density at radius 2 is 1.55 bits per heavy atom. The second kappa shape index (κ2) is 9.03. The minimum absolute atomic E-state index is 0.165. The van der Waals surface area contributed by atoms with Crippen LogP contribution >= 0.6 is 0 Å². The van der Waals surface area contributed by atoms with E-state index in [4.69, 9.17) is 14.2 Å². The number of nitrogens with one attached hydrogen (secondary N) is 1. The lowest BCUT2D eigenvalue weighted by molar-refractivity contribution is 0.235. The molecule has 0 saturated heterocycles. The maximum absolute atomic E-state index is 13.2. The first-order chi connectivity index (χ1) is 16.2. The van der Waals surface area contributed by atoms with E-state index in [0.29, 0.717) is 18.0 Å². The zero-order valence-corrected chi connectivity index (χ0v) is 18.8. The fourth-order valence-electron chi connectivity index (χ4n) is 4.46. The van der Waals surface area contributed by atoms with Crippen molar-refractivity contribution in [1.29, 1.82) is 0 Å². The van der Waals surface area contributed by atoms with Gasteiger partial charge in [-0.3, -0.25) is 9.80 Å². The molecule has 1 N–H and O–H groups in total. The highest BCUT2D eigenvalue weighted by molar-refractivity contribution is 6.03. The van der Waals surface area contributed by atoms with Gasteiger partial charge in [0.15, 0.2) is 23.0 Å². The SMILES string of the molecule is COc1cc2c(cc1OC)CN(CCNC(=O)N1c3ccccc3Oc3ccccc31)CC2. The van der Waals surface area contributed by atoms with E-state index in [0.717, 1.165) is 48.9 Å². The lowest BCUT2D eigenvalue weighted by Crippen LogP contribution is -2.42. The largest absolute Gasteiger partial charge is 0.493 e. The lowest BCUT2D eigenvalue weighted by atomic mass is 9.99. The number of hydrogen-bond acceptors (Lipinski definition) is 5. The minimum Gasteiger partial charge on any atom is -0.493 e. The molecule has 0 fully saturated rings. The molecule has 2 heterocycles. The predicted molar refractivity (Wildman–Crippen MR) is 127 cm³/mol. The molecule has 5 rings (SSSR count). The third-order valence-electron chi connectivity index (χ3n) is 6.14. The number of fused-ring (bicyclic) bond motifs is 3. The van der Waals surface area contributed by atoms with Crippen LogP contribution < -0.4 is 24.4 Å². The van der Waals surface area contributed by atoms with Crippen molar-refractivity contribution < 1.29 is 19.0 Å². The Labute approximate surface area is 193 Å². The van der Waals surface area contributed by atoms with Gasteiger partial charge in [0.25, 0.3) is 0 Å². The van der Waals surface area contributed by atoms with Crippen molar-refractivity contribution in [2.75, 3.05) is 38.8 Å². The Hall–Kier alpha value is -3.71. The molecular weight excluding hydrogens is 418 g/mol. The molecule has 0 bridgehead atoms. The number of anilines is 2. The Balaban J connectivity index is 1.25. The van der Waals surface area contributed by atoms with Gasteiger partial charge in [0.1, 0.15) is 0 Å². The first kappa shape index (κ1) is 21.2. The van der Waals surface area contributed by atoms with Gasteiger partial charge in [-0.15, -0.1) is 0 Å². The maximum atomic E-state index is 13.2. The van der Waals surface area contributed by atoms with Crippen molar-refractivity contribution in [3.8, 4) is 23.0 Å². The van der Waals surface area contributed by atoms with Crippen LogP contribution in [-0.2, 0) is 13.0 Å². The highest BCUT2D eigenvalue weighted by Gasteiger charge is 2.29. The summed E-state index contributed by atoms with van der Waals surface area (Å²) in [7, 11) is 3.32. The average molecular weight is 446 g/mol. The molecule has 33 heavy (non-hydrogen) atoms. The first-order valence-electron chi connectivity index (χ1n) is 11.1. The molecule has 0 unspecified atom stereocenters. The summed E-state index contributed by atoms with van der Waals surface area (Å²) in [6.07, 6.45) is 0.938. The molecule has 7 nitrogen and oxygen atoms in total. The quantitative estimate of drug-likeness (QED) is 0.616. The van der Waals surface area contributed by atoms with E-state index in [2.05, 4.69) is 22.3 Å². The molecule has 0 atom stereocenters. The van der Waals surface area contributed by atoms with Crippen LogP contribution in [0.25, 0.3) is 0 Å². The Bertz CT molecular complexity index is 1130. The standard InChI is InChI=1S/C26H27N3O4/c1-31-24-15-18-11-13-28(17-19(18)16-25(24)32-2)14-12-27-26(30)29-20-7-3-5-9-22(20)33-23-10-6-4-8-21(23)29/h3-10,15-16H,11-14,17H2,1-2H3,(H,27,30). The second-order valence-corrected chi connectivity index (χ2v) is 8.11. The van der Waals surface area contributed by atoms with E-state index in [1.807, 2.05) is 48.5 Å². The predicted octanol–water partition coefficient (Wildman–Crippen LogP) is 4.72. The van der Waals surface area contributed by atoms with Crippen LogP contribution in [0.15, 0.2) is 60.7 Å². The molecule has 2 amide bonds. The second-order valence-electron chi connectivity index (χ2n) is 8.11. The Morgan fingerprint density at radius 1 is 0.939 bits per heavy atom. The van der Waals surface area contributed by atoms with Gasteiger partial charge in [-0.2, -0.15) is 0 Å². The molecule has 7 heteroatoms. The molecule has 0 radical (unpaired) electrons. The fraction of sp³-hybridized carbons (Fsp3) is 0.269. The van der Waals surface area contributed by atoms with Crippen molar-refractivity contribution in [2.45, 2.75) is 13.0 Å². The van der Waals surface area contributed by atoms with Gasteiger partial charge in [-0.1, -0.05) is 24.3 Å². The van der Waals surface area contributed by atoms with Crippen molar-refractivity contribution >= 4 is 17.4 Å². The van der Waals surface area contributed by atoms with E-state index < -0.39 is 0 Å². The molecule has 0 aliphatic carbocycles. The number of urea groups is 1. The molecule has 0 spiro atoms. The maximum Gasteiger partial charge on any atom is 0.326 e. The number of nitrogens with zero attached hydrogens (tertiary/aromatic N) is 2. The van der Waals surface area contributed by atoms with Crippen molar-refractivity contribution in [3.63, 3.8) is 0 Å². The third-order valence-corrected chi connectivity index (χ3v) is 6.14. The monoisotopic (exact) mass is 445 g/mol. The van der Waals surface area contributed by atoms with Gasteiger partial charge in [0.2, 0.25) is 0 Å². The number of methoxy groups -OCH3 is 2. The number of benzene rings is 3. The molecule has 3 aromatic carbocycles. The summed E-state index contributed by atoms with van der Waals surface area (Å²) in [5.41, 5.74) is 4.00. The average Bonchev–Trinajstić information content (AvgIpc) is 2.86. The third kappa shape index (κ3) is 4.07. The van der Waals surface area contributed by atoms with Crippen molar-refractivity contribution in [3.05, 3.63) is 71.8 Å². The smallest absolute Gasteiger partial charge is 0.326 e. The van der Waals surface area contributed by atoms with Gasteiger partial charge >= 0.3 is 6.03 Å². The highest BCUT2D eigenvalue weighted by atomic mass is 16.5. The number of hydrogen-bond donors (Lipinski definition) is 1. The number of carbonyl (C=O) groups is 1. The zero-order chi connectivity index (χ0) is 22.8. The first-order valence-corrected chi connectivity index (χ1v) is 11.1. The Kier molecular flexibility index (Phi) is 5.79. The number of ether oxygens (including phenoxy) is 3. The fourth-order valence-corrected chi connectivity index (χ4v) is 4.46. The van der Waals surface area contributed by atoms with E-state index >= 15 is 0 Å². The van der Waals surface area contributed by atoms with Gasteiger partial charge < -0.3 is 19.5 Å². The van der Waals surface area contributed by atoms with Crippen LogP contribution in [0.3, 0.4) is 0 Å². The van der Waals surface area contributed by atoms with E-state index in [1.165, 1.54) is 11.1 Å². The van der Waals surface area contributed by atoms with Gasteiger partial charge in [0.05, 0.1) is 25.6 Å². The molecule has 0 saturated carbocycles. The van der Waals surface area contributed by atoms with Gasteiger partial charge in [0, 0.05) is 26.2 Å². The van der Waals surface area contributed by atoms with Gasteiger partial charge in [-0.25, -0.2) is 4.79 Å². The van der Waals surface area contributed by atoms with Crippen LogP contribution in [-0.4, -0.2) is 44.8 Å². The normalized spacial score (nSPS) is 14.4. The molecular formula is C26H27N3O4. The number of rotatable bonds is 5. The van der Waals surface area contributed by atoms with Crippen LogP contribution in [0.5, 0.6) is 23.0 Å². The topological polar surface area (TPSA) is 63.3 Å². The highest BCUT2D eigenvalue weighted by Crippen LogP contribution is 2.46. The minimum atomic E-state index is -0.165. The number of carbonyl (C=O) groups excluding carboxylic acids is 1. The molecule has 3 aromatic rings. The summed E-state index contributed by atoms with van der Waals surface area (Å²) >= 11 is 0.